The first-order valence-electron chi connectivity index (χ1n) is 11.0. The minimum absolute atomic E-state index is 0.115. The van der Waals surface area contributed by atoms with Crippen LogP contribution in [0.25, 0.3) is 0 Å². The minimum atomic E-state index is -1.15. The minimum Gasteiger partial charge on any atom is -0.502 e. The van der Waals surface area contributed by atoms with Crippen molar-refractivity contribution < 1.29 is 29.5 Å². The number of hydrogen-bond acceptors (Lipinski definition) is 7. The first-order chi connectivity index (χ1) is 18.6. The molecule has 1 amide bonds. The lowest BCUT2D eigenvalue weighted by molar-refractivity contribution is -0.387. The van der Waals surface area contributed by atoms with E-state index in [4.69, 9.17) is 44.6 Å². The van der Waals surface area contributed by atoms with Crippen molar-refractivity contribution in [1.29, 1.82) is 0 Å². The number of aliphatic hydroxyl groups is 1. The molecule has 39 heavy (non-hydrogen) atoms. The van der Waals surface area contributed by atoms with Crippen molar-refractivity contribution in [3.63, 3.8) is 0 Å². The summed E-state index contributed by atoms with van der Waals surface area (Å²) in [6.45, 7) is -0.132. The van der Waals surface area contributed by atoms with Crippen LogP contribution in [0.15, 0.2) is 88.4 Å². The SMILES string of the molecule is O=C(O)C=CCOc1ccc(Cl)cc1N1C(=O)C(O)=C(Sc2ccc(Cl)cc2[N+](=O)[O-])C1c1ccc(Cl)cc1. The molecule has 3 aromatic rings. The third-order valence-electron chi connectivity index (χ3n) is 5.46. The maximum Gasteiger partial charge on any atom is 0.328 e. The molecule has 1 unspecified atom stereocenters. The molecule has 1 heterocycles. The average molecular weight is 608 g/mol. The van der Waals surface area contributed by atoms with E-state index in [0.717, 1.165) is 17.8 Å². The van der Waals surface area contributed by atoms with Crippen LogP contribution in [0.1, 0.15) is 11.6 Å². The molecule has 0 saturated carbocycles. The number of aliphatic carboxylic acids is 1. The van der Waals surface area contributed by atoms with Crippen LogP contribution in [0.4, 0.5) is 11.4 Å². The van der Waals surface area contributed by atoms with E-state index in [1.165, 1.54) is 47.4 Å². The predicted molar refractivity (Wildman–Crippen MR) is 149 cm³/mol. The number of carboxylic acids is 1. The first-order valence-corrected chi connectivity index (χ1v) is 13.0. The maximum atomic E-state index is 13.5. The smallest absolute Gasteiger partial charge is 0.328 e. The van der Waals surface area contributed by atoms with Gasteiger partial charge in [0.2, 0.25) is 0 Å². The third-order valence-corrected chi connectivity index (χ3v) is 7.38. The Bertz CT molecular complexity index is 1530. The highest BCUT2D eigenvalue weighted by Crippen LogP contribution is 2.51. The van der Waals surface area contributed by atoms with Gasteiger partial charge >= 0.3 is 5.97 Å². The maximum absolute atomic E-state index is 13.5. The van der Waals surface area contributed by atoms with E-state index in [2.05, 4.69) is 0 Å². The molecule has 0 spiro atoms. The van der Waals surface area contributed by atoms with Gasteiger partial charge in [-0.1, -0.05) is 58.7 Å². The number of ether oxygens (including phenoxy) is 1. The summed E-state index contributed by atoms with van der Waals surface area (Å²) in [5.74, 6) is -2.40. The second-order valence-corrected chi connectivity index (χ2v) is 10.4. The Morgan fingerprint density at radius 3 is 2.36 bits per heavy atom. The molecule has 4 rings (SSSR count). The number of nitro groups is 1. The number of carboxylic acid groups (broad SMARTS) is 1. The van der Waals surface area contributed by atoms with Crippen molar-refractivity contribution in [3.8, 4) is 5.75 Å². The number of hydrogen-bond donors (Lipinski definition) is 2. The number of benzene rings is 3. The number of carbonyl (C=O) groups excluding carboxylic acids is 1. The highest BCUT2D eigenvalue weighted by molar-refractivity contribution is 8.03. The number of halogens is 3. The second kappa shape index (κ2) is 12.0. The van der Waals surface area contributed by atoms with Gasteiger partial charge in [0.1, 0.15) is 12.4 Å². The van der Waals surface area contributed by atoms with Crippen LogP contribution in [0.3, 0.4) is 0 Å². The quantitative estimate of drug-likeness (QED) is 0.148. The Kier molecular flexibility index (Phi) is 8.71. The fourth-order valence-corrected chi connectivity index (χ4v) is 5.41. The van der Waals surface area contributed by atoms with Crippen molar-refractivity contribution in [3.05, 3.63) is 114 Å². The average Bonchev–Trinajstić information content (AvgIpc) is 3.13. The first kappa shape index (κ1) is 28.3. The van der Waals surface area contributed by atoms with Crippen LogP contribution in [-0.2, 0) is 9.59 Å². The van der Waals surface area contributed by atoms with Gasteiger partial charge in [0.15, 0.2) is 5.76 Å². The number of aliphatic hydroxyl groups excluding tert-OH is 1. The Labute approximate surface area is 241 Å². The number of amides is 1. The normalized spacial score (nSPS) is 15.3. The van der Waals surface area contributed by atoms with Crippen molar-refractivity contribution in [1.82, 2.24) is 0 Å². The molecular formula is C26H17Cl3N2O7S. The summed E-state index contributed by atoms with van der Waals surface area (Å²) in [5, 5.41) is 32.4. The second-order valence-electron chi connectivity index (χ2n) is 7.98. The lowest BCUT2D eigenvalue weighted by atomic mass is 10.1. The molecular weight excluding hydrogens is 591 g/mol. The summed E-state index contributed by atoms with van der Waals surface area (Å²) in [6.07, 6.45) is 2.19. The van der Waals surface area contributed by atoms with Crippen molar-refractivity contribution >= 4 is 69.8 Å². The molecule has 0 radical (unpaired) electrons. The highest BCUT2D eigenvalue weighted by Gasteiger charge is 2.43. The number of nitrogens with zero attached hydrogens (tertiary/aromatic N) is 2. The topological polar surface area (TPSA) is 130 Å². The summed E-state index contributed by atoms with van der Waals surface area (Å²) in [5.41, 5.74) is 0.419. The summed E-state index contributed by atoms with van der Waals surface area (Å²) in [4.78, 5) is 37.0. The lowest BCUT2D eigenvalue weighted by Gasteiger charge is -2.28. The third kappa shape index (κ3) is 6.31. The molecule has 0 bridgehead atoms. The van der Waals surface area contributed by atoms with Crippen LogP contribution in [0.2, 0.25) is 15.1 Å². The van der Waals surface area contributed by atoms with E-state index in [1.54, 1.807) is 24.3 Å². The van der Waals surface area contributed by atoms with Crippen molar-refractivity contribution in [2.45, 2.75) is 10.9 Å². The van der Waals surface area contributed by atoms with E-state index in [0.29, 0.717) is 10.6 Å². The zero-order valence-corrected chi connectivity index (χ0v) is 22.7. The van der Waals surface area contributed by atoms with Crippen molar-refractivity contribution in [2.75, 3.05) is 11.5 Å². The van der Waals surface area contributed by atoms with Gasteiger partial charge in [-0.05, 0) is 54.1 Å². The standard InChI is InChI=1S/C26H17Cl3N2O7S/c27-15-5-3-14(4-6-15)23-25(39-21-10-8-17(29)13-19(21)31(36)37)24(34)26(35)30(23)18-12-16(28)7-9-20(18)38-11-1-2-22(32)33/h1-10,12-13,23,34H,11H2,(H,32,33). The summed E-state index contributed by atoms with van der Waals surface area (Å²) >= 11 is 19.2. The number of anilines is 1. The molecule has 0 saturated heterocycles. The van der Waals surface area contributed by atoms with Crippen LogP contribution in [0, 0.1) is 10.1 Å². The molecule has 1 atom stereocenters. The monoisotopic (exact) mass is 606 g/mol. The van der Waals surface area contributed by atoms with Gasteiger partial charge in [0.05, 0.1) is 26.5 Å². The van der Waals surface area contributed by atoms with E-state index >= 15 is 0 Å². The predicted octanol–water partition coefficient (Wildman–Crippen LogP) is 7.22. The van der Waals surface area contributed by atoms with E-state index in [9.17, 15) is 24.8 Å². The number of thioether (sulfide) groups is 1. The van der Waals surface area contributed by atoms with Crippen LogP contribution in [0.5, 0.6) is 5.75 Å². The van der Waals surface area contributed by atoms with Crippen LogP contribution < -0.4 is 9.64 Å². The van der Waals surface area contributed by atoms with Gasteiger partial charge in [0.25, 0.3) is 11.6 Å². The fraction of sp³-hybridized carbons (Fsp3) is 0.0769. The largest absolute Gasteiger partial charge is 0.502 e. The number of nitro benzene ring substituents is 1. The molecule has 0 fully saturated rings. The molecule has 9 nitrogen and oxygen atoms in total. The zero-order valence-electron chi connectivity index (χ0n) is 19.6. The molecule has 3 aromatic carbocycles. The molecule has 0 aromatic heterocycles. The molecule has 0 aliphatic carbocycles. The molecule has 1 aliphatic heterocycles. The Morgan fingerprint density at radius 1 is 1.05 bits per heavy atom. The number of rotatable bonds is 9. The Hall–Kier alpha value is -3.70. The molecule has 13 heteroatoms. The Morgan fingerprint density at radius 2 is 1.69 bits per heavy atom. The van der Waals surface area contributed by atoms with Gasteiger partial charge in [-0.3, -0.25) is 19.8 Å². The van der Waals surface area contributed by atoms with Gasteiger partial charge in [0, 0.05) is 27.2 Å². The van der Waals surface area contributed by atoms with Gasteiger partial charge in [-0.2, -0.15) is 0 Å². The van der Waals surface area contributed by atoms with Gasteiger partial charge in [-0.25, -0.2) is 4.79 Å². The lowest BCUT2D eigenvalue weighted by Crippen LogP contribution is -2.30. The van der Waals surface area contributed by atoms with Crippen molar-refractivity contribution in [2.24, 2.45) is 0 Å². The van der Waals surface area contributed by atoms with Gasteiger partial charge in [-0.15, -0.1) is 0 Å². The highest BCUT2D eigenvalue weighted by atomic mass is 35.5. The van der Waals surface area contributed by atoms with E-state index in [-0.39, 0.29) is 43.6 Å². The van der Waals surface area contributed by atoms with Crippen LogP contribution in [-0.4, -0.2) is 33.6 Å². The Balaban J connectivity index is 1.83. The summed E-state index contributed by atoms with van der Waals surface area (Å²) in [6, 6.07) is 14.1. The zero-order chi connectivity index (χ0) is 28.3. The van der Waals surface area contributed by atoms with Crippen LogP contribution >= 0.6 is 46.6 Å². The van der Waals surface area contributed by atoms with Gasteiger partial charge < -0.3 is 14.9 Å². The number of carbonyl (C=O) groups is 2. The summed E-state index contributed by atoms with van der Waals surface area (Å²) < 4.78 is 5.72. The summed E-state index contributed by atoms with van der Waals surface area (Å²) in [7, 11) is 0. The molecule has 2 N–H and O–H groups in total. The van der Waals surface area contributed by atoms with E-state index < -0.39 is 28.6 Å². The molecule has 1 aliphatic rings. The molecule has 200 valence electrons. The fourth-order valence-electron chi connectivity index (χ4n) is 3.81. The van der Waals surface area contributed by atoms with E-state index in [1.807, 2.05) is 0 Å².